The predicted octanol–water partition coefficient (Wildman–Crippen LogP) is -1.87. The van der Waals surface area contributed by atoms with Crippen molar-refractivity contribution in [2.75, 3.05) is 20.1 Å². The number of quaternary nitrogens is 1. The molecule has 0 aromatic rings. The lowest BCUT2D eigenvalue weighted by Crippen LogP contribution is -3.10. The van der Waals surface area contributed by atoms with Crippen LogP contribution in [0.3, 0.4) is 0 Å². The minimum atomic E-state index is -5.31. The summed E-state index contributed by atoms with van der Waals surface area (Å²) in [5, 5.41) is 6.53. The first-order valence-electron chi connectivity index (χ1n) is 5.62. The lowest BCUT2D eigenvalue weighted by Gasteiger charge is -2.34. The largest absolute Gasteiger partial charge is 0.870 e. The van der Waals surface area contributed by atoms with Crippen LogP contribution in [-0.4, -0.2) is 55.4 Å². The number of rotatable bonds is 4. The fourth-order valence-corrected chi connectivity index (χ4v) is 4.71. The zero-order valence-electron chi connectivity index (χ0n) is 10.5. The first-order chi connectivity index (χ1) is 7.97. The van der Waals surface area contributed by atoms with E-state index in [9.17, 15) is 14.2 Å². The average molecular weight is 321 g/mol. The maximum atomic E-state index is 11.2. The van der Waals surface area contributed by atoms with Gasteiger partial charge in [-0.1, -0.05) is 0 Å². The van der Waals surface area contributed by atoms with Gasteiger partial charge < -0.3 is 35.1 Å². The van der Waals surface area contributed by atoms with E-state index >= 15 is 0 Å². The van der Waals surface area contributed by atoms with Crippen LogP contribution >= 0.6 is 15.2 Å². The van der Waals surface area contributed by atoms with Crippen molar-refractivity contribution in [3.8, 4) is 0 Å². The molecule has 1 heterocycles. The predicted molar refractivity (Wildman–Crippen MR) is 64.9 cm³/mol. The molecule has 2 atom stereocenters. The van der Waals surface area contributed by atoms with Gasteiger partial charge in [-0.15, -0.1) is 0 Å². The molecule has 0 saturated carbocycles. The standard InChI is InChI=1S/C8H19NO7P2.H2O/c1-9-4-2-3-7(6-9)5-8(10,17(11,12)13)18(14,15)16;/h7,10H,2-6H2,1H3,(H2,11,12,13)(H2,14,15,16);1H2. The summed E-state index contributed by atoms with van der Waals surface area (Å²) in [7, 11) is -8.74. The van der Waals surface area contributed by atoms with E-state index < -0.39 is 26.7 Å². The Morgan fingerprint density at radius 2 is 1.68 bits per heavy atom. The Morgan fingerprint density at radius 1 is 1.21 bits per heavy atom. The normalized spacial score (nSPS) is 25.8. The topological polar surface area (TPSA) is 170 Å². The van der Waals surface area contributed by atoms with Crippen LogP contribution in [0.15, 0.2) is 0 Å². The number of hydrogen-bond donors (Lipinski definition) is 6. The molecule has 11 heteroatoms. The molecule has 116 valence electrons. The molecule has 0 amide bonds. The summed E-state index contributed by atoms with van der Waals surface area (Å²) in [6, 6.07) is 0. The molecule has 7 N–H and O–H groups in total. The van der Waals surface area contributed by atoms with E-state index in [-0.39, 0.29) is 11.4 Å². The van der Waals surface area contributed by atoms with E-state index in [1.807, 2.05) is 7.05 Å². The Bertz CT molecular complexity index is 368. The lowest BCUT2D eigenvalue weighted by molar-refractivity contribution is -0.888. The Labute approximate surface area is 110 Å². The third-order valence-electron chi connectivity index (χ3n) is 3.35. The Morgan fingerprint density at radius 3 is 2.05 bits per heavy atom. The molecule has 1 aliphatic rings. The minimum Gasteiger partial charge on any atom is -0.870 e. The summed E-state index contributed by atoms with van der Waals surface area (Å²) in [5.74, 6) is -0.316. The molecule has 1 saturated heterocycles. The molecule has 0 bridgehead atoms. The monoisotopic (exact) mass is 321 g/mol. The summed E-state index contributed by atoms with van der Waals surface area (Å²) < 4.78 is 22.4. The van der Waals surface area contributed by atoms with Crippen LogP contribution in [0, 0.1) is 5.92 Å². The van der Waals surface area contributed by atoms with Gasteiger partial charge in [-0.25, -0.2) is 0 Å². The second kappa shape index (κ2) is 6.30. The summed E-state index contributed by atoms with van der Waals surface area (Å²) in [6.45, 7) is 1.43. The van der Waals surface area contributed by atoms with Crippen molar-refractivity contribution < 1.29 is 44.2 Å². The zero-order chi connectivity index (χ0) is 14.2. The summed E-state index contributed by atoms with van der Waals surface area (Å²) in [5.41, 5.74) is 0. The van der Waals surface area contributed by atoms with Gasteiger partial charge >= 0.3 is 15.2 Å². The number of nitrogens with one attached hydrogen (secondary N) is 1. The molecule has 1 aliphatic heterocycles. The van der Waals surface area contributed by atoms with Crippen molar-refractivity contribution >= 4 is 15.2 Å². The summed E-state index contributed by atoms with van der Waals surface area (Å²) >= 11 is 0. The Balaban J connectivity index is 0.00000324. The molecule has 9 nitrogen and oxygen atoms in total. The Hall–Kier alpha value is 0.180. The fourth-order valence-electron chi connectivity index (χ4n) is 2.36. The SMILES string of the molecule is C[NH+]1CCCC(CC(O)(P(=O)(O)O)P(=O)(O)O)C1.[OH-]. The molecule has 19 heavy (non-hydrogen) atoms. The summed E-state index contributed by atoms with van der Waals surface area (Å²) in [4.78, 5) is 37.2. The van der Waals surface area contributed by atoms with Gasteiger partial charge in [-0.2, -0.15) is 0 Å². The van der Waals surface area contributed by atoms with E-state index in [0.29, 0.717) is 13.0 Å². The lowest BCUT2D eigenvalue weighted by atomic mass is 9.95. The van der Waals surface area contributed by atoms with Gasteiger partial charge in [-0.05, 0) is 12.8 Å². The van der Waals surface area contributed by atoms with Crippen LogP contribution in [0.2, 0.25) is 0 Å². The van der Waals surface area contributed by atoms with Crippen LogP contribution in [0.5, 0.6) is 0 Å². The average Bonchev–Trinajstić information content (AvgIpc) is 2.13. The van der Waals surface area contributed by atoms with E-state index in [1.165, 1.54) is 0 Å². The highest BCUT2D eigenvalue weighted by Crippen LogP contribution is 2.69. The summed E-state index contributed by atoms with van der Waals surface area (Å²) in [6.07, 6.45) is 0.813. The molecular weight excluding hydrogens is 300 g/mol. The number of likely N-dealkylation sites (tertiary alicyclic amines) is 1. The molecule has 0 spiro atoms. The highest BCUT2D eigenvalue weighted by molar-refractivity contribution is 7.72. The van der Waals surface area contributed by atoms with Gasteiger partial charge in [0, 0.05) is 12.3 Å². The van der Waals surface area contributed by atoms with Crippen LogP contribution in [0.25, 0.3) is 0 Å². The number of hydrogen-bond acceptors (Lipinski definition) is 4. The van der Waals surface area contributed by atoms with Gasteiger partial charge in [0.2, 0.25) is 0 Å². The van der Waals surface area contributed by atoms with Gasteiger partial charge in [-0.3, -0.25) is 9.13 Å². The third kappa shape index (κ3) is 4.32. The van der Waals surface area contributed by atoms with Gasteiger partial charge in [0.05, 0.1) is 20.1 Å². The number of aliphatic hydroxyl groups is 1. The van der Waals surface area contributed by atoms with E-state index in [4.69, 9.17) is 19.6 Å². The Kier molecular flexibility index (Phi) is 6.36. The smallest absolute Gasteiger partial charge is 0.369 e. The molecule has 0 aromatic heterocycles. The molecule has 0 aromatic carbocycles. The quantitative estimate of drug-likeness (QED) is 0.327. The molecule has 0 aliphatic carbocycles. The second-order valence-electron chi connectivity index (χ2n) is 4.99. The highest BCUT2D eigenvalue weighted by atomic mass is 31.2. The van der Waals surface area contributed by atoms with E-state index in [2.05, 4.69) is 0 Å². The minimum absolute atomic E-state index is 0. The van der Waals surface area contributed by atoms with Gasteiger partial charge in [0.25, 0.3) is 5.08 Å². The zero-order valence-corrected chi connectivity index (χ0v) is 12.3. The van der Waals surface area contributed by atoms with Crippen LogP contribution < -0.4 is 4.90 Å². The molecule has 1 rings (SSSR count). The maximum Gasteiger partial charge on any atom is 0.369 e. The van der Waals surface area contributed by atoms with Crippen molar-refractivity contribution in [3.05, 3.63) is 0 Å². The molecule has 1 fully saturated rings. The highest BCUT2D eigenvalue weighted by Gasteiger charge is 2.60. The molecule has 2 unspecified atom stereocenters. The third-order valence-corrected chi connectivity index (χ3v) is 7.14. The number of piperidine rings is 1. The fraction of sp³-hybridized carbons (Fsp3) is 1.00. The van der Waals surface area contributed by atoms with Crippen molar-refractivity contribution in [3.63, 3.8) is 0 Å². The maximum absolute atomic E-state index is 11.2. The van der Waals surface area contributed by atoms with Crippen molar-refractivity contribution in [1.82, 2.24) is 0 Å². The van der Waals surface area contributed by atoms with E-state index in [0.717, 1.165) is 17.9 Å². The first-order valence-corrected chi connectivity index (χ1v) is 8.85. The van der Waals surface area contributed by atoms with E-state index in [1.54, 1.807) is 0 Å². The van der Waals surface area contributed by atoms with Crippen LogP contribution in [-0.2, 0) is 9.13 Å². The molecule has 0 radical (unpaired) electrons. The van der Waals surface area contributed by atoms with Gasteiger partial charge in [0.1, 0.15) is 0 Å². The van der Waals surface area contributed by atoms with Crippen molar-refractivity contribution in [2.24, 2.45) is 5.92 Å². The van der Waals surface area contributed by atoms with Crippen LogP contribution in [0.1, 0.15) is 19.3 Å². The van der Waals surface area contributed by atoms with Crippen molar-refractivity contribution in [1.29, 1.82) is 0 Å². The first kappa shape index (κ1) is 19.2. The second-order valence-corrected chi connectivity index (χ2v) is 8.99. The van der Waals surface area contributed by atoms with Crippen LogP contribution in [0.4, 0.5) is 0 Å². The van der Waals surface area contributed by atoms with Gasteiger partial charge in [0.15, 0.2) is 0 Å². The van der Waals surface area contributed by atoms with Crippen molar-refractivity contribution in [2.45, 2.75) is 24.3 Å². The molecular formula is C8H21NO8P2.